The normalized spacial score (nSPS) is 12.1. The van der Waals surface area contributed by atoms with Crippen molar-refractivity contribution in [3.05, 3.63) is 23.8 Å². The molecule has 1 atom stereocenters. The molecule has 0 aliphatic carbocycles. The van der Waals surface area contributed by atoms with Crippen LogP contribution in [0.2, 0.25) is 0 Å². The number of benzene rings is 1. The number of primary amides is 1. The lowest BCUT2D eigenvalue weighted by Gasteiger charge is -2.16. The van der Waals surface area contributed by atoms with Gasteiger partial charge in [-0.1, -0.05) is 0 Å². The smallest absolute Gasteiger partial charge is 0.248 e. The number of nitrogens with two attached hydrogens (primary N) is 2. The van der Waals surface area contributed by atoms with Gasteiger partial charge in [0.2, 0.25) is 5.91 Å². The first-order valence-corrected chi connectivity index (χ1v) is 5.61. The van der Waals surface area contributed by atoms with Crippen molar-refractivity contribution in [1.29, 1.82) is 0 Å². The standard InChI is InChI=1S/C12H19N3O2/c1-8(3-2-6-16)15-11-5-4-9(12(14)17)7-10(11)13/h4-5,7-8,15-16H,2-3,6,13H2,1H3,(H2,14,17). The zero-order chi connectivity index (χ0) is 12.8. The van der Waals surface area contributed by atoms with E-state index in [9.17, 15) is 4.79 Å². The molecular formula is C12H19N3O2. The molecule has 0 heterocycles. The molecule has 0 radical (unpaired) electrons. The van der Waals surface area contributed by atoms with Gasteiger partial charge in [0, 0.05) is 18.2 Å². The van der Waals surface area contributed by atoms with Crippen molar-refractivity contribution in [3.63, 3.8) is 0 Å². The molecule has 5 heteroatoms. The number of rotatable bonds is 6. The van der Waals surface area contributed by atoms with Crippen LogP contribution >= 0.6 is 0 Å². The van der Waals surface area contributed by atoms with E-state index in [2.05, 4.69) is 5.32 Å². The molecule has 1 rings (SSSR count). The van der Waals surface area contributed by atoms with Gasteiger partial charge >= 0.3 is 0 Å². The number of carbonyl (C=O) groups excluding carboxylic acids is 1. The molecule has 1 aromatic rings. The van der Waals surface area contributed by atoms with Crippen LogP contribution in [0.25, 0.3) is 0 Å². The maximum Gasteiger partial charge on any atom is 0.248 e. The summed E-state index contributed by atoms with van der Waals surface area (Å²) in [5.74, 6) is -0.489. The predicted octanol–water partition coefficient (Wildman–Crippen LogP) is 0.941. The number of nitrogens with one attached hydrogen (secondary N) is 1. The highest BCUT2D eigenvalue weighted by Gasteiger charge is 2.07. The van der Waals surface area contributed by atoms with E-state index in [4.69, 9.17) is 16.6 Å². The average Bonchev–Trinajstić information content (AvgIpc) is 2.28. The van der Waals surface area contributed by atoms with Crippen LogP contribution in [0.1, 0.15) is 30.1 Å². The van der Waals surface area contributed by atoms with Crippen LogP contribution in [-0.4, -0.2) is 23.7 Å². The molecule has 0 aliphatic rings. The highest BCUT2D eigenvalue weighted by Crippen LogP contribution is 2.21. The lowest BCUT2D eigenvalue weighted by molar-refractivity contribution is 0.100. The Morgan fingerprint density at radius 2 is 2.24 bits per heavy atom. The summed E-state index contributed by atoms with van der Waals surface area (Å²) in [6.07, 6.45) is 1.60. The maximum atomic E-state index is 10.9. The van der Waals surface area contributed by atoms with Crippen molar-refractivity contribution in [3.8, 4) is 0 Å². The van der Waals surface area contributed by atoms with E-state index in [1.165, 1.54) is 0 Å². The summed E-state index contributed by atoms with van der Waals surface area (Å²) in [5.41, 5.74) is 12.6. The second-order valence-corrected chi connectivity index (χ2v) is 4.08. The molecule has 0 fully saturated rings. The highest BCUT2D eigenvalue weighted by atomic mass is 16.2. The Bertz CT molecular complexity index is 393. The van der Waals surface area contributed by atoms with Crippen LogP contribution < -0.4 is 16.8 Å². The van der Waals surface area contributed by atoms with Gasteiger partial charge in [-0.25, -0.2) is 0 Å². The van der Waals surface area contributed by atoms with Gasteiger partial charge in [0.1, 0.15) is 0 Å². The molecule has 1 unspecified atom stereocenters. The zero-order valence-corrected chi connectivity index (χ0v) is 9.94. The lowest BCUT2D eigenvalue weighted by atomic mass is 10.1. The van der Waals surface area contributed by atoms with E-state index in [1.807, 2.05) is 6.92 Å². The highest BCUT2D eigenvalue weighted by molar-refractivity contribution is 5.94. The molecule has 1 aromatic carbocycles. The number of nitrogen functional groups attached to an aromatic ring is 1. The molecule has 0 aliphatic heterocycles. The van der Waals surface area contributed by atoms with E-state index in [1.54, 1.807) is 18.2 Å². The van der Waals surface area contributed by atoms with Crippen molar-refractivity contribution < 1.29 is 9.90 Å². The van der Waals surface area contributed by atoms with Gasteiger partial charge in [0.15, 0.2) is 0 Å². The molecule has 0 bridgehead atoms. The Kier molecular flexibility index (Phi) is 4.78. The second kappa shape index (κ2) is 6.10. The second-order valence-electron chi connectivity index (χ2n) is 4.08. The van der Waals surface area contributed by atoms with Crippen LogP contribution in [0, 0.1) is 0 Å². The lowest BCUT2D eigenvalue weighted by Crippen LogP contribution is -2.17. The Balaban J connectivity index is 2.69. The van der Waals surface area contributed by atoms with Crippen molar-refractivity contribution in [2.45, 2.75) is 25.8 Å². The molecular weight excluding hydrogens is 218 g/mol. The molecule has 1 amide bonds. The summed E-state index contributed by atoms with van der Waals surface area (Å²) in [6, 6.07) is 5.15. The monoisotopic (exact) mass is 237 g/mol. The van der Waals surface area contributed by atoms with E-state index in [0.717, 1.165) is 18.5 Å². The summed E-state index contributed by atoms with van der Waals surface area (Å²) in [5, 5.41) is 12.0. The maximum absolute atomic E-state index is 10.9. The minimum Gasteiger partial charge on any atom is -0.397 e. The minimum atomic E-state index is -0.489. The Hall–Kier alpha value is -1.75. The molecule has 0 spiro atoms. The van der Waals surface area contributed by atoms with Gasteiger partial charge in [0.05, 0.1) is 11.4 Å². The first-order valence-electron chi connectivity index (χ1n) is 5.61. The van der Waals surface area contributed by atoms with Crippen molar-refractivity contribution in [1.82, 2.24) is 0 Å². The van der Waals surface area contributed by atoms with Crippen LogP contribution in [0.5, 0.6) is 0 Å². The van der Waals surface area contributed by atoms with Gasteiger partial charge in [-0.05, 0) is 38.0 Å². The fourth-order valence-electron chi connectivity index (χ4n) is 1.58. The summed E-state index contributed by atoms with van der Waals surface area (Å²) >= 11 is 0. The third kappa shape index (κ3) is 3.96. The van der Waals surface area contributed by atoms with Crippen molar-refractivity contribution in [2.75, 3.05) is 17.7 Å². The Labute approximate surface area is 101 Å². The first kappa shape index (κ1) is 13.3. The van der Waals surface area contributed by atoms with Gasteiger partial charge in [-0.15, -0.1) is 0 Å². The van der Waals surface area contributed by atoms with Crippen LogP contribution in [0.3, 0.4) is 0 Å². The quantitative estimate of drug-likeness (QED) is 0.553. The number of aliphatic hydroxyl groups excluding tert-OH is 1. The molecule has 0 aromatic heterocycles. The third-order valence-corrected chi connectivity index (χ3v) is 2.53. The molecule has 0 saturated carbocycles. The Morgan fingerprint density at radius 1 is 1.53 bits per heavy atom. The zero-order valence-electron chi connectivity index (χ0n) is 9.94. The Morgan fingerprint density at radius 3 is 2.76 bits per heavy atom. The third-order valence-electron chi connectivity index (χ3n) is 2.53. The van der Waals surface area contributed by atoms with Gasteiger partial charge in [-0.2, -0.15) is 0 Å². The largest absolute Gasteiger partial charge is 0.397 e. The number of anilines is 2. The SMILES string of the molecule is CC(CCCO)Nc1ccc(C(N)=O)cc1N. The first-order chi connectivity index (χ1) is 8.04. The molecule has 5 nitrogen and oxygen atoms in total. The van der Waals surface area contributed by atoms with Crippen molar-refractivity contribution in [2.24, 2.45) is 5.73 Å². The molecule has 17 heavy (non-hydrogen) atoms. The summed E-state index contributed by atoms with van der Waals surface area (Å²) < 4.78 is 0. The van der Waals surface area contributed by atoms with Gasteiger partial charge < -0.3 is 21.9 Å². The van der Waals surface area contributed by atoms with Crippen LogP contribution in [-0.2, 0) is 0 Å². The molecule has 94 valence electrons. The van der Waals surface area contributed by atoms with Crippen LogP contribution in [0.15, 0.2) is 18.2 Å². The summed E-state index contributed by atoms with van der Waals surface area (Å²) in [6.45, 7) is 2.19. The summed E-state index contributed by atoms with van der Waals surface area (Å²) in [7, 11) is 0. The van der Waals surface area contributed by atoms with E-state index >= 15 is 0 Å². The van der Waals surface area contributed by atoms with Gasteiger partial charge in [0.25, 0.3) is 0 Å². The molecule has 6 N–H and O–H groups in total. The minimum absolute atomic E-state index is 0.183. The van der Waals surface area contributed by atoms with Crippen LogP contribution in [0.4, 0.5) is 11.4 Å². The number of carbonyl (C=O) groups is 1. The van der Waals surface area contributed by atoms with Crippen molar-refractivity contribution >= 4 is 17.3 Å². The number of amides is 1. The number of hydrogen-bond acceptors (Lipinski definition) is 4. The topological polar surface area (TPSA) is 101 Å². The number of hydrogen-bond donors (Lipinski definition) is 4. The molecule has 0 saturated heterocycles. The average molecular weight is 237 g/mol. The van der Waals surface area contributed by atoms with E-state index in [-0.39, 0.29) is 12.6 Å². The van der Waals surface area contributed by atoms with Gasteiger partial charge in [-0.3, -0.25) is 4.79 Å². The van der Waals surface area contributed by atoms with E-state index in [0.29, 0.717) is 11.3 Å². The summed E-state index contributed by atoms with van der Waals surface area (Å²) in [4.78, 5) is 10.9. The number of aliphatic hydroxyl groups is 1. The fraction of sp³-hybridized carbons (Fsp3) is 0.417. The van der Waals surface area contributed by atoms with E-state index < -0.39 is 5.91 Å². The predicted molar refractivity (Wildman–Crippen MR) is 68.8 cm³/mol. The fourth-order valence-corrected chi connectivity index (χ4v) is 1.58.